The lowest BCUT2D eigenvalue weighted by atomic mass is 9.62. The molecule has 1 N–H and O–H groups in total. The Hall–Kier alpha value is -1.25. The Balaban J connectivity index is 1.50. The quantitative estimate of drug-likeness (QED) is 0.494. The van der Waals surface area contributed by atoms with Gasteiger partial charge >= 0.3 is 0 Å². The van der Waals surface area contributed by atoms with Gasteiger partial charge in [-0.1, -0.05) is 51.8 Å². The van der Waals surface area contributed by atoms with Crippen molar-refractivity contribution in [2.45, 2.75) is 24.8 Å². The van der Waals surface area contributed by atoms with Crippen molar-refractivity contribution >= 4 is 33.2 Å². The maximum atomic E-state index is 6.40. The Bertz CT molecular complexity index is 905. The molecule has 0 spiro atoms. The monoisotopic (exact) mass is 425 g/mol. The smallest absolute Gasteiger partial charge is 0.0550 e. The number of halogens is 2. The Labute approximate surface area is 168 Å². The van der Waals surface area contributed by atoms with Crippen LogP contribution in [0.4, 0.5) is 5.69 Å². The van der Waals surface area contributed by atoms with Gasteiger partial charge in [-0.3, -0.25) is 0 Å². The van der Waals surface area contributed by atoms with Crippen LogP contribution in [-0.2, 0) is 0 Å². The molecule has 2 aromatic rings. The predicted octanol–water partition coefficient (Wildman–Crippen LogP) is 6.81. The molecule has 2 bridgehead atoms. The van der Waals surface area contributed by atoms with Gasteiger partial charge < -0.3 is 5.32 Å². The fourth-order valence-electron chi connectivity index (χ4n) is 6.71. The average Bonchev–Trinajstić information content (AvgIpc) is 3.34. The third-order valence-corrected chi connectivity index (χ3v) is 8.28. The molecule has 2 fully saturated rings. The van der Waals surface area contributed by atoms with Crippen LogP contribution in [-0.4, -0.2) is 0 Å². The van der Waals surface area contributed by atoms with Crippen LogP contribution >= 0.6 is 27.5 Å². The Kier molecular flexibility index (Phi) is 3.41. The summed E-state index contributed by atoms with van der Waals surface area (Å²) in [6, 6.07) is 15.8. The standard InChI is InChI=1S/C23H21BrClN/c24-13-6-4-12(5-7-13)23-22-18-11-17(15-2-1-3-16(15)18)21(22)19-10-14(25)8-9-20(19)26-23/h1-2,4-10,15-18,21-23,26H,3,11H2/t15-,16+,17+,18-,21-,22-,23+/m1/s1. The molecule has 0 unspecified atom stereocenters. The lowest BCUT2D eigenvalue weighted by molar-refractivity contribution is 0.153. The van der Waals surface area contributed by atoms with Crippen LogP contribution < -0.4 is 5.32 Å². The predicted molar refractivity (Wildman–Crippen MR) is 111 cm³/mol. The summed E-state index contributed by atoms with van der Waals surface area (Å²) in [5.74, 6) is 4.56. The van der Waals surface area contributed by atoms with E-state index in [1.807, 2.05) is 6.07 Å². The van der Waals surface area contributed by atoms with Crippen molar-refractivity contribution < 1.29 is 0 Å². The molecule has 0 aromatic heterocycles. The Morgan fingerprint density at radius 1 is 1.00 bits per heavy atom. The molecule has 26 heavy (non-hydrogen) atoms. The van der Waals surface area contributed by atoms with Crippen molar-refractivity contribution in [2.75, 3.05) is 5.32 Å². The summed E-state index contributed by atoms with van der Waals surface area (Å²) in [5.41, 5.74) is 4.16. The lowest BCUT2D eigenvalue weighted by Gasteiger charge is -2.47. The van der Waals surface area contributed by atoms with Crippen molar-refractivity contribution in [2.24, 2.45) is 29.6 Å². The third-order valence-electron chi connectivity index (χ3n) is 7.52. The first-order valence-corrected chi connectivity index (χ1v) is 10.9. The second-order valence-corrected chi connectivity index (χ2v) is 9.83. The molecule has 6 rings (SSSR count). The van der Waals surface area contributed by atoms with Crippen molar-refractivity contribution in [3.05, 3.63) is 75.2 Å². The average molecular weight is 427 g/mol. The number of benzene rings is 2. The van der Waals surface area contributed by atoms with Crippen molar-refractivity contribution in [1.29, 1.82) is 0 Å². The highest BCUT2D eigenvalue weighted by Gasteiger charge is 2.61. The van der Waals surface area contributed by atoms with Gasteiger partial charge in [-0.05, 0) is 89.8 Å². The molecule has 1 heterocycles. The molecule has 1 aliphatic heterocycles. The molecule has 2 aromatic carbocycles. The van der Waals surface area contributed by atoms with E-state index < -0.39 is 0 Å². The fraction of sp³-hybridized carbons (Fsp3) is 0.391. The first-order valence-electron chi connectivity index (χ1n) is 9.69. The zero-order chi connectivity index (χ0) is 17.4. The highest BCUT2D eigenvalue weighted by molar-refractivity contribution is 9.10. The largest absolute Gasteiger partial charge is 0.378 e. The van der Waals surface area contributed by atoms with Crippen molar-refractivity contribution in [3.8, 4) is 0 Å². The first-order chi connectivity index (χ1) is 12.7. The normalized spacial score (nSPS) is 38.6. The van der Waals surface area contributed by atoms with Crippen LogP contribution in [0.25, 0.3) is 0 Å². The van der Waals surface area contributed by atoms with Gasteiger partial charge in [-0.15, -0.1) is 0 Å². The number of hydrogen-bond donors (Lipinski definition) is 1. The van der Waals surface area contributed by atoms with E-state index in [0.717, 1.165) is 33.2 Å². The molecule has 0 radical (unpaired) electrons. The third kappa shape index (κ3) is 2.09. The fourth-order valence-corrected chi connectivity index (χ4v) is 7.16. The molecule has 7 atom stereocenters. The molecule has 2 saturated carbocycles. The van der Waals surface area contributed by atoms with Gasteiger partial charge in [0.2, 0.25) is 0 Å². The zero-order valence-corrected chi connectivity index (χ0v) is 16.7. The molecule has 4 aliphatic rings. The van der Waals surface area contributed by atoms with Crippen LogP contribution in [0.5, 0.6) is 0 Å². The minimum absolute atomic E-state index is 0.401. The van der Waals surface area contributed by atoms with Crippen LogP contribution in [0.2, 0.25) is 5.02 Å². The minimum Gasteiger partial charge on any atom is -0.378 e. The lowest BCUT2D eigenvalue weighted by Crippen LogP contribution is -2.40. The van der Waals surface area contributed by atoms with Gasteiger partial charge in [0.25, 0.3) is 0 Å². The maximum Gasteiger partial charge on any atom is 0.0550 e. The number of anilines is 1. The summed E-state index contributed by atoms with van der Waals surface area (Å²) in [7, 11) is 0. The highest BCUT2D eigenvalue weighted by atomic mass is 79.9. The number of allylic oxidation sites excluding steroid dienone is 2. The molecule has 3 aliphatic carbocycles. The van der Waals surface area contributed by atoms with Crippen LogP contribution in [0.3, 0.4) is 0 Å². The van der Waals surface area contributed by atoms with E-state index in [1.54, 1.807) is 0 Å². The molecule has 132 valence electrons. The molecule has 3 heteroatoms. The highest BCUT2D eigenvalue weighted by Crippen LogP contribution is 2.69. The first kappa shape index (κ1) is 15.8. The van der Waals surface area contributed by atoms with E-state index in [-0.39, 0.29) is 0 Å². The van der Waals surface area contributed by atoms with Gasteiger partial charge in [0.05, 0.1) is 6.04 Å². The molecule has 0 saturated heterocycles. The second kappa shape index (κ2) is 5.62. The van der Waals surface area contributed by atoms with Crippen LogP contribution in [0.15, 0.2) is 59.1 Å². The number of nitrogens with one attached hydrogen (secondary N) is 1. The number of rotatable bonds is 1. The molecular weight excluding hydrogens is 406 g/mol. The molecular formula is C23H21BrClN. The van der Waals surface area contributed by atoms with Gasteiger partial charge in [-0.25, -0.2) is 0 Å². The zero-order valence-electron chi connectivity index (χ0n) is 14.4. The van der Waals surface area contributed by atoms with Crippen molar-refractivity contribution in [3.63, 3.8) is 0 Å². The molecule has 0 amide bonds. The summed E-state index contributed by atoms with van der Waals surface area (Å²) >= 11 is 9.99. The van der Waals surface area contributed by atoms with Gasteiger partial charge in [-0.2, -0.15) is 0 Å². The van der Waals surface area contributed by atoms with E-state index in [4.69, 9.17) is 11.6 Å². The van der Waals surface area contributed by atoms with E-state index >= 15 is 0 Å². The van der Waals surface area contributed by atoms with E-state index in [1.165, 1.54) is 29.7 Å². The number of hydrogen-bond acceptors (Lipinski definition) is 1. The summed E-state index contributed by atoms with van der Waals surface area (Å²) in [6.07, 6.45) is 7.62. The number of fused-ring (bicyclic) bond motifs is 10. The topological polar surface area (TPSA) is 12.0 Å². The SMILES string of the molecule is Clc1ccc2c(c1)[C@H]1[C@H]3C[C@H]([C@H]4CC=C[C@H]43)[C@H]1[C@H](c1ccc(Br)cc1)N2. The van der Waals surface area contributed by atoms with Crippen LogP contribution in [0, 0.1) is 29.6 Å². The van der Waals surface area contributed by atoms with E-state index in [0.29, 0.717) is 17.9 Å². The Morgan fingerprint density at radius 2 is 1.85 bits per heavy atom. The molecule has 1 nitrogen and oxygen atoms in total. The van der Waals surface area contributed by atoms with Gasteiger partial charge in [0.15, 0.2) is 0 Å². The van der Waals surface area contributed by atoms with Crippen molar-refractivity contribution in [1.82, 2.24) is 0 Å². The summed E-state index contributed by atoms with van der Waals surface area (Å²) in [6.45, 7) is 0. The second-order valence-electron chi connectivity index (χ2n) is 8.48. The van der Waals surface area contributed by atoms with Gasteiger partial charge in [0, 0.05) is 15.2 Å². The van der Waals surface area contributed by atoms with Gasteiger partial charge in [0.1, 0.15) is 0 Å². The Morgan fingerprint density at radius 3 is 2.69 bits per heavy atom. The van der Waals surface area contributed by atoms with E-state index in [9.17, 15) is 0 Å². The summed E-state index contributed by atoms with van der Waals surface area (Å²) in [4.78, 5) is 0. The summed E-state index contributed by atoms with van der Waals surface area (Å²) < 4.78 is 1.15. The summed E-state index contributed by atoms with van der Waals surface area (Å²) in [5, 5.41) is 4.77. The van der Waals surface area contributed by atoms with E-state index in [2.05, 4.69) is 69.8 Å². The maximum absolute atomic E-state index is 6.40. The van der Waals surface area contributed by atoms with Crippen LogP contribution in [0.1, 0.15) is 35.9 Å². The minimum atomic E-state index is 0.401.